The first-order chi connectivity index (χ1) is 7.84. The normalized spacial score (nSPS) is 22.4. The van der Waals surface area contributed by atoms with Crippen LogP contribution in [0.5, 0.6) is 0 Å². The minimum atomic E-state index is 0.309. The van der Waals surface area contributed by atoms with Crippen molar-refractivity contribution in [1.82, 2.24) is 5.32 Å². The largest absolute Gasteiger partial charge is 0.372 e. The van der Waals surface area contributed by atoms with Crippen LogP contribution >= 0.6 is 0 Å². The molecule has 1 saturated heterocycles. The summed E-state index contributed by atoms with van der Waals surface area (Å²) in [5, 5.41) is 3.44. The molecule has 16 heavy (non-hydrogen) atoms. The Balaban J connectivity index is 1.79. The van der Waals surface area contributed by atoms with Crippen LogP contribution in [-0.2, 0) is 5.54 Å². The average molecular weight is 216 g/mol. The molecule has 1 aliphatic carbocycles. The zero-order valence-electron chi connectivity index (χ0n) is 10.00. The highest BCUT2D eigenvalue weighted by Crippen LogP contribution is 2.45. The molecule has 0 unspecified atom stereocenters. The predicted molar refractivity (Wildman–Crippen MR) is 67.9 cm³/mol. The smallest absolute Gasteiger partial charge is 0.0433 e. The molecule has 86 valence electrons. The molecule has 3 rings (SSSR count). The molecule has 1 aromatic rings. The van der Waals surface area contributed by atoms with Crippen molar-refractivity contribution in [2.24, 2.45) is 0 Å². The van der Waals surface area contributed by atoms with Gasteiger partial charge in [0.2, 0.25) is 0 Å². The minimum absolute atomic E-state index is 0.309. The van der Waals surface area contributed by atoms with Gasteiger partial charge >= 0.3 is 0 Å². The minimum Gasteiger partial charge on any atom is -0.372 e. The van der Waals surface area contributed by atoms with Crippen LogP contribution in [0, 0.1) is 0 Å². The third-order valence-corrected chi connectivity index (χ3v) is 4.12. The first kappa shape index (κ1) is 10.2. The van der Waals surface area contributed by atoms with E-state index in [4.69, 9.17) is 0 Å². The Morgan fingerprint density at radius 2 is 1.69 bits per heavy atom. The van der Waals surface area contributed by atoms with Gasteiger partial charge in [-0.05, 0) is 50.4 Å². The summed E-state index contributed by atoms with van der Waals surface area (Å²) >= 11 is 0. The van der Waals surface area contributed by atoms with E-state index in [2.05, 4.69) is 41.5 Å². The van der Waals surface area contributed by atoms with Crippen LogP contribution in [0.3, 0.4) is 0 Å². The van der Waals surface area contributed by atoms with E-state index in [1.165, 1.54) is 50.0 Å². The van der Waals surface area contributed by atoms with Crippen molar-refractivity contribution in [1.29, 1.82) is 0 Å². The highest BCUT2D eigenvalue weighted by molar-refractivity contribution is 5.50. The van der Waals surface area contributed by atoms with E-state index >= 15 is 0 Å². The molecular formula is C14H20N2. The van der Waals surface area contributed by atoms with Crippen LogP contribution in [0.1, 0.15) is 31.2 Å². The van der Waals surface area contributed by atoms with Crippen molar-refractivity contribution in [2.45, 2.75) is 31.2 Å². The summed E-state index contributed by atoms with van der Waals surface area (Å²) in [5.74, 6) is 0. The molecule has 1 aliphatic heterocycles. The van der Waals surface area contributed by atoms with E-state index < -0.39 is 0 Å². The molecular weight excluding hydrogens is 196 g/mol. The van der Waals surface area contributed by atoms with E-state index in [9.17, 15) is 0 Å². The maximum atomic E-state index is 3.44. The first-order valence-electron chi connectivity index (χ1n) is 6.38. The summed E-state index contributed by atoms with van der Waals surface area (Å²) in [6.07, 6.45) is 5.27. The van der Waals surface area contributed by atoms with E-state index in [-0.39, 0.29) is 0 Å². The fraction of sp³-hybridized carbons (Fsp3) is 0.571. The molecule has 1 N–H and O–H groups in total. The highest BCUT2D eigenvalue weighted by Gasteiger charge is 2.42. The molecule has 2 aliphatic rings. The maximum Gasteiger partial charge on any atom is 0.0433 e. The number of anilines is 1. The predicted octanol–water partition coefficient (Wildman–Crippen LogP) is 2.50. The number of hydrogen-bond donors (Lipinski definition) is 1. The lowest BCUT2D eigenvalue weighted by Crippen LogP contribution is -2.24. The second-order valence-corrected chi connectivity index (χ2v) is 5.07. The lowest BCUT2D eigenvalue weighted by molar-refractivity contribution is 0.585. The van der Waals surface area contributed by atoms with Gasteiger partial charge in [0.05, 0.1) is 0 Å². The number of rotatable bonds is 3. The lowest BCUT2D eigenvalue weighted by atomic mass is 10.0. The number of nitrogens with zero attached hydrogens (tertiary/aromatic N) is 1. The van der Waals surface area contributed by atoms with Gasteiger partial charge in [0.25, 0.3) is 0 Å². The second kappa shape index (κ2) is 3.77. The Labute approximate surface area is 97.6 Å². The zero-order valence-corrected chi connectivity index (χ0v) is 10.00. The fourth-order valence-electron chi connectivity index (χ4n) is 2.77. The summed E-state index contributed by atoms with van der Waals surface area (Å²) in [4.78, 5) is 2.49. The summed E-state index contributed by atoms with van der Waals surface area (Å²) in [7, 11) is 2.07. The molecule has 2 heteroatoms. The summed E-state index contributed by atoms with van der Waals surface area (Å²) in [6.45, 7) is 2.47. The SMILES string of the molecule is CNC1(c2ccc(N3CCCC3)cc2)CC1. The Kier molecular flexibility index (Phi) is 2.40. The topological polar surface area (TPSA) is 15.3 Å². The summed E-state index contributed by atoms with van der Waals surface area (Å²) in [5.41, 5.74) is 3.16. The van der Waals surface area contributed by atoms with Crippen molar-refractivity contribution in [2.75, 3.05) is 25.0 Å². The molecule has 0 amide bonds. The second-order valence-electron chi connectivity index (χ2n) is 5.07. The van der Waals surface area contributed by atoms with Crippen LogP contribution < -0.4 is 10.2 Å². The van der Waals surface area contributed by atoms with Crippen molar-refractivity contribution >= 4 is 5.69 Å². The molecule has 0 atom stereocenters. The Morgan fingerprint density at radius 1 is 1.06 bits per heavy atom. The van der Waals surface area contributed by atoms with Gasteiger partial charge in [-0.25, -0.2) is 0 Å². The van der Waals surface area contributed by atoms with Crippen LogP contribution in [0.15, 0.2) is 24.3 Å². The van der Waals surface area contributed by atoms with Crippen molar-refractivity contribution in [3.05, 3.63) is 29.8 Å². The number of benzene rings is 1. The van der Waals surface area contributed by atoms with Crippen molar-refractivity contribution < 1.29 is 0 Å². The molecule has 0 radical (unpaired) electrons. The van der Waals surface area contributed by atoms with Crippen molar-refractivity contribution in [3.8, 4) is 0 Å². The molecule has 0 aromatic heterocycles. The molecule has 2 nitrogen and oxygen atoms in total. The molecule has 1 aromatic carbocycles. The van der Waals surface area contributed by atoms with Gasteiger partial charge in [-0.2, -0.15) is 0 Å². The van der Waals surface area contributed by atoms with Crippen LogP contribution in [0.4, 0.5) is 5.69 Å². The maximum absolute atomic E-state index is 3.44. The van der Waals surface area contributed by atoms with Crippen molar-refractivity contribution in [3.63, 3.8) is 0 Å². The van der Waals surface area contributed by atoms with Gasteiger partial charge in [0.15, 0.2) is 0 Å². The van der Waals surface area contributed by atoms with E-state index in [1.54, 1.807) is 0 Å². The van der Waals surface area contributed by atoms with Crippen LogP contribution in [0.25, 0.3) is 0 Å². The average Bonchev–Trinajstić information content (AvgIpc) is 2.96. The lowest BCUT2D eigenvalue weighted by Gasteiger charge is -2.20. The van der Waals surface area contributed by atoms with Gasteiger partial charge < -0.3 is 10.2 Å². The van der Waals surface area contributed by atoms with Crippen LogP contribution in [-0.4, -0.2) is 20.1 Å². The van der Waals surface area contributed by atoms with Crippen LogP contribution in [0.2, 0.25) is 0 Å². The Bertz CT molecular complexity index is 359. The zero-order chi connectivity index (χ0) is 11.0. The molecule has 1 saturated carbocycles. The summed E-state index contributed by atoms with van der Waals surface area (Å²) < 4.78 is 0. The highest BCUT2D eigenvalue weighted by atomic mass is 15.1. The molecule has 0 spiro atoms. The van der Waals surface area contributed by atoms with E-state index in [0.29, 0.717) is 5.54 Å². The van der Waals surface area contributed by atoms with E-state index in [1.807, 2.05) is 0 Å². The third-order valence-electron chi connectivity index (χ3n) is 4.12. The van der Waals surface area contributed by atoms with Gasteiger partial charge in [0, 0.05) is 24.3 Å². The van der Waals surface area contributed by atoms with E-state index in [0.717, 1.165) is 0 Å². The van der Waals surface area contributed by atoms with Gasteiger partial charge in [-0.1, -0.05) is 12.1 Å². The molecule has 2 fully saturated rings. The Hall–Kier alpha value is -1.02. The Morgan fingerprint density at radius 3 is 2.19 bits per heavy atom. The number of nitrogens with one attached hydrogen (secondary N) is 1. The fourth-order valence-corrected chi connectivity index (χ4v) is 2.77. The quantitative estimate of drug-likeness (QED) is 0.835. The van der Waals surface area contributed by atoms with Gasteiger partial charge in [-0.3, -0.25) is 0 Å². The number of hydrogen-bond acceptors (Lipinski definition) is 2. The molecule has 0 bridgehead atoms. The molecule has 1 heterocycles. The monoisotopic (exact) mass is 216 g/mol. The van der Waals surface area contributed by atoms with Gasteiger partial charge in [0.1, 0.15) is 0 Å². The third kappa shape index (κ3) is 1.61. The van der Waals surface area contributed by atoms with Gasteiger partial charge in [-0.15, -0.1) is 0 Å². The first-order valence-corrected chi connectivity index (χ1v) is 6.38. The standard InChI is InChI=1S/C14H20N2/c1-15-14(8-9-14)12-4-6-13(7-5-12)16-10-2-3-11-16/h4-7,15H,2-3,8-11H2,1H3. The summed E-state index contributed by atoms with van der Waals surface area (Å²) in [6, 6.07) is 9.18.